The fourth-order valence-corrected chi connectivity index (χ4v) is 3.46. The number of carbonyl (C=O) groups is 2. The van der Waals surface area contributed by atoms with Crippen LogP contribution in [0.25, 0.3) is 0 Å². The van der Waals surface area contributed by atoms with Gasteiger partial charge >= 0.3 is 0 Å². The number of benzene rings is 1. The van der Waals surface area contributed by atoms with Gasteiger partial charge in [-0.15, -0.1) is 10.2 Å². The van der Waals surface area contributed by atoms with E-state index in [4.69, 9.17) is 0 Å². The number of nitrogens with one attached hydrogen (secondary N) is 2. The summed E-state index contributed by atoms with van der Waals surface area (Å²) in [6.45, 7) is 1.97. The number of rotatable bonds is 6. The first-order chi connectivity index (χ1) is 12.6. The molecule has 3 rings (SSSR count). The first-order valence-electron chi connectivity index (χ1n) is 8.74. The molecule has 136 valence electrons. The van der Waals surface area contributed by atoms with Crippen LogP contribution in [-0.2, 0) is 4.79 Å². The van der Waals surface area contributed by atoms with Crippen LogP contribution in [0.5, 0.6) is 0 Å². The molecule has 0 radical (unpaired) electrons. The third-order valence-corrected chi connectivity index (χ3v) is 5.19. The maximum absolute atomic E-state index is 12.2. The molecule has 1 aromatic heterocycles. The van der Waals surface area contributed by atoms with Crippen molar-refractivity contribution in [1.29, 1.82) is 0 Å². The summed E-state index contributed by atoms with van der Waals surface area (Å²) in [5.74, 6) is 0.506. The van der Waals surface area contributed by atoms with Crippen molar-refractivity contribution in [3.63, 3.8) is 0 Å². The molecule has 1 heterocycles. The van der Waals surface area contributed by atoms with E-state index in [1.165, 1.54) is 24.6 Å². The van der Waals surface area contributed by atoms with Gasteiger partial charge in [-0.3, -0.25) is 9.59 Å². The molecule has 1 aromatic carbocycles. The van der Waals surface area contributed by atoms with Crippen molar-refractivity contribution < 1.29 is 9.59 Å². The molecule has 26 heavy (non-hydrogen) atoms. The molecule has 0 unspecified atom stereocenters. The molecule has 0 spiro atoms. The molecule has 1 fully saturated rings. The summed E-state index contributed by atoms with van der Waals surface area (Å²) in [7, 11) is 0. The van der Waals surface area contributed by atoms with Crippen LogP contribution in [0.15, 0.2) is 41.4 Å². The summed E-state index contributed by atoms with van der Waals surface area (Å²) in [6, 6.07) is 11.1. The number of hydrogen-bond acceptors (Lipinski definition) is 5. The Morgan fingerprint density at radius 1 is 1.08 bits per heavy atom. The zero-order valence-corrected chi connectivity index (χ0v) is 15.5. The van der Waals surface area contributed by atoms with Crippen LogP contribution < -0.4 is 10.6 Å². The highest BCUT2D eigenvalue weighted by Crippen LogP contribution is 2.19. The Kier molecular flexibility index (Phi) is 6.22. The summed E-state index contributed by atoms with van der Waals surface area (Å²) >= 11 is 1.34. The monoisotopic (exact) mass is 370 g/mol. The second kappa shape index (κ2) is 8.80. The molecule has 6 nitrogen and oxygen atoms in total. The Morgan fingerprint density at radius 3 is 2.46 bits per heavy atom. The maximum atomic E-state index is 12.2. The minimum absolute atomic E-state index is 0.0282. The quantitative estimate of drug-likeness (QED) is 0.763. The highest BCUT2D eigenvalue weighted by atomic mass is 32.2. The molecule has 0 atom stereocenters. The van der Waals surface area contributed by atoms with Crippen molar-refractivity contribution >= 4 is 29.4 Å². The minimum atomic E-state index is -0.226. The summed E-state index contributed by atoms with van der Waals surface area (Å²) < 4.78 is 0. The van der Waals surface area contributed by atoms with Crippen LogP contribution in [0, 0.1) is 6.92 Å². The van der Waals surface area contributed by atoms with Gasteiger partial charge in [0.2, 0.25) is 5.91 Å². The molecule has 1 aliphatic rings. The average molecular weight is 370 g/mol. The van der Waals surface area contributed by atoms with Gasteiger partial charge in [-0.25, -0.2) is 0 Å². The summed E-state index contributed by atoms with van der Waals surface area (Å²) in [6.07, 6.45) is 4.54. The lowest BCUT2D eigenvalue weighted by atomic mass is 10.1. The van der Waals surface area contributed by atoms with Crippen molar-refractivity contribution in [1.82, 2.24) is 15.5 Å². The van der Waals surface area contributed by atoms with Crippen molar-refractivity contribution in [3.05, 3.63) is 47.5 Å². The summed E-state index contributed by atoms with van der Waals surface area (Å²) in [5.41, 5.74) is 1.67. The topological polar surface area (TPSA) is 84.0 Å². The van der Waals surface area contributed by atoms with E-state index in [-0.39, 0.29) is 11.8 Å². The second-order valence-corrected chi connectivity index (χ2v) is 7.41. The standard InChI is InChI=1S/C19H22N4O2S/c1-13-6-8-14(9-7-13)19(25)21-16-10-11-18(23-22-16)26-12-17(24)20-15-4-2-3-5-15/h6-11,15H,2-5,12H2,1H3,(H,20,24)(H,21,22,25). The molecule has 1 saturated carbocycles. The van der Waals surface area contributed by atoms with E-state index in [9.17, 15) is 9.59 Å². The predicted octanol–water partition coefficient (Wildman–Crippen LogP) is 3.19. The Morgan fingerprint density at radius 2 is 1.81 bits per heavy atom. The van der Waals surface area contributed by atoms with Gasteiger partial charge in [-0.05, 0) is 44.0 Å². The van der Waals surface area contributed by atoms with Gasteiger partial charge in [0.05, 0.1) is 5.75 Å². The van der Waals surface area contributed by atoms with Crippen LogP contribution in [0.3, 0.4) is 0 Å². The first-order valence-corrected chi connectivity index (χ1v) is 9.72. The molecule has 7 heteroatoms. The molecule has 2 N–H and O–H groups in total. The number of carbonyl (C=O) groups excluding carboxylic acids is 2. The van der Waals surface area contributed by atoms with E-state index in [2.05, 4.69) is 20.8 Å². The van der Waals surface area contributed by atoms with Gasteiger partial charge in [0.15, 0.2) is 5.82 Å². The molecular weight excluding hydrogens is 348 g/mol. The van der Waals surface area contributed by atoms with E-state index in [1.54, 1.807) is 24.3 Å². The zero-order chi connectivity index (χ0) is 18.4. The maximum Gasteiger partial charge on any atom is 0.256 e. The van der Waals surface area contributed by atoms with Gasteiger partial charge < -0.3 is 10.6 Å². The Hall–Kier alpha value is -2.41. The number of nitrogens with zero attached hydrogens (tertiary/aromatic N) is 2. The van der Waals surface area contributed by atoms with Gasteiger partial charge in [0.1, 0.15) is 5.03 Å². The van der Waals surface area contributed by atoms with Crippen molar-refractivity contribution in [2.75, 3.05) is 11.1 Å². The fourth-order valence-electron chi connectivity index (χ4n) is 2.84. The first kappa shape index (κ1) is 18.4. The zero-order valence-electron chi connectivity index (χ0n) is 14.7. The lowest BCUT2D eigenvalue weighted by Gasteiger charge is -2.11. The van der Waals surface area contributed by atoms with Crippen LogP contribution in [0.1, 0.15) is 41.6 Å². The van der Waals surface area contributed by atoms with Gasteiger partial charge in [0.25, 0.3) is 5.91 Å². The highest BCUT2D eigenvalue weighted by Gasteiger charge is 2.17. The second-order valence-electron chi connectivity index (χ2n) is 6.41. The Balaban J connectivity index is 1.47. The molecular formula is C19H22N4O2S. The number of aromatic nitrogens is 2. The lowest BCUT2D eigenvalue weighted by molar-refractivity contribution is -0.119. The van der Waals surface area contributed by atoms with Crippen molar-refractivity contribution in [2.45, 2.75) is 43.7 Å². The number of aryl methyl sites for hydroxylation is 1. The Labute approximate surface area is 157 Å². The normalized spacial score (nSPS) is 14.2. The van der Waals surface area contributed by atoms with Crippen molar-refractivity contribution in [2.24, 2.45) is 0 Å². The van der Waals surface area contributed by atoms with E-state index < -0.39 is 0 Å². The van der Waals surface area contributed by atoms with Gasteiger partial charge in [-0.2, -0.15) is 0 Å². The number of anilines is 1. The molecule has 0 saturated heterocycles. The van der Waals surface area contributed by atoms with E-state index in [1.807, 2.05) is 19.1 Å². The van der Waals surface area contributed by atoms with Crippen LogP contribution >= 0.6 is 11.8 Å². The van der Waals surface area contributed by atoms with Crippen LogP contribution in [0.2, 0.25) is 0 Å². The van der Waals surface area contributed by atoms with E-state index in [0.717, 1.165) is 18.4 Å². The van der Waals surface area contributed by atoms with E-state index >= 15 is 0 Å². The van der Waals surface area contributed by atoms with Gasteiger partial charge in [0, 0.05) is 11.6 Å². The van der Waals surface area contributed by atoms with E-state index in [0.29, 0.717) is 28.2 Å². The molecule has 1 aliphatic carbocycles. The molecule has 2 aromatic rings. The smallest absolute Gasteiger partial charge is 0.256 e. The number of thioether (sulfide) groups is 1. The fraction of sp³-hybridized carbons (Fsp3) is 0.368. The molecule has 0 bridgehead atoms. The highest BCUT2D eigenvalue weighted by molar-refractivity contribution is 7.99. The molecule has 2 amide bonds. The average Bonchev–Trinajstić information content (AvgIpc) is 3.14. The predicted molar refractivity (Wildman–Crippen MR) is 102 cm³/mol. The van der Waals surface area contributed by atoms with Gasteiger partial charge in [-0.1, -0.05) is 42.3 Å². The van der Waals surface area contributed by atoms with Crippen molar-refractivity contribution in [3.8, 4) is 0 Å². The largest absolute Gasteiger partial charge is 0.353 e. The number of amides is 2. The number of hydrogen-bond donors (Lipinski definition) is 2. The summed E-state index contributed by atoms with van der Waals surface area (Å²) in [5, 5.41) is 14.5. The third-order valence-electron chi connectivity index (χ3n) is 4.27. The lowest BCUT2D eigenvalue weighted by Crippen LogP contribution is -2.33. The van der Waals surface area contributed by atoms with Crippen LogP contribution in [0.4, 0.5) is 5.82 Å². The minimum Gasteiger partial charge on any atom is -0.353 e. The Bertz CT molecular complexity index is 756. The summed E-state index contributed by atoms with van der Waals surface area (Å²) in [4.78, 5) is 24.1. The molecule has 0 aliphatic heterocycles. The SMILES string of the molecule is Cc1ccc(C(=O)Nc2ccc(SCC(=O)NC3CCCC3)nn2)cc1. The third kappa shape index (κ3) is 5.29. The van der Waals surface area contributed by atoms with Crippen LogP contribution in [-0.4, -0.2) is 33.8 Å².